The Labute approximate surface area is 74.2 Å². The number of carbonyl (C=O) groups excluding carboxylic acids is 1. The van der Waals surface area contributed by atoms with Crippen molar-refractivity contribution in [2.75, 3.05) is 0 Å². The largest absolute Gasteiger partial charge is 0.396 e. The van der Waals surface area contributed by atoms with E-state index < -0.39 is 0 Å². The Bertz CT molecular complexity index is 243. The second kappa shape index (κ2) is 2.51. The summed E-state index contributed by atoms with van der Waals surface area (Å²) in [5.41, 5.74) is 11.4. The van der Waals surface area contributed by atoms with Crippen LogP contribution in [0.5, 0.6) is 0 Å². The standard InChI is InChI=1S/C5H6IN2OP/c6-1-2(7)3(8)4(9)5(1)10/h10H2,(H4,7,8,9). The summed E-state index contributed by atoms with van der Waals surface area (Å²) < 4.78 is 0.741. The fraction of sp³-hybridized carbons (Fsp3) is 0. The summed E-state index contributed by atoms with van der Waals surface area (Å²) in [4.78, 5) is 11.0. The lowest BCUT2D eigenvalue weighted by molar-refractivity contribution is -0.111. The molecule has 0 aliphatic heterocycles. The Kier molecular flexibility index (Phi) is 2.01. The van der Waals surface area contributed by atoms with E-state index in [-0.39, 0.29) is 11.5 Å². The summed E-state index contributed by atoms with van der Waals surface area (Å²) in [6.45, 7) is 0. The zero-order chi connectivity index (χ0) is 7.89. The molecule has 1 aliphatic carbocycles. The highest BCUT2D eigenvalue weighted by atomic mass is 127. The molecule has 0 radical (unpaired) electrons. The van der Waals surface area contributed by atoms with Gasteiger partial charge in [-0.3, -0.25) is 4.79 Å². The summed E-state index contributed by atoms with van der Waals surface area (Å²) in [5.74, 6) is -0.174. The van der Waals surface area contributed by atoms with E-state index >= 15 is 0 Å². The van der Waals surface area contributed by atoms with E-state index in [4.69, 9.17) is 11.5 Å². The molecule has 54 valence electrons. The number of rotatable bonds is 0. The van der Waals surface area contributed by atoms with Gasteiger partial charge in [-0.1, -0.05) is 0 Å². The molecule has 1 aliphatic rings. The van der Waals surface area contributed by atoms with Crippen molar-refractivity contribution in [3.63, 3.8) is 0 Å². The smallest absolute Gasteiger partial charge is 0.211 e. The van der Waals surface area contributed by atoms with Crippen molar-refractivity contribution in [3.8, 4) is 0 Å². The van der Waals surface area contributed by atoms with Gasteiger partial charge in [0.1, 0.15) is 5.70 Å². The minimum atomic E-state index is -0.174. The second-order valence-corrected chi connectivity index (χ2v) is 3.54. The second-order valence-electron chi connectivity index (χ2n) is 1.88. The Morgan fingerprint density at radius 2 is 1.80 bits per heavy atom. The van der Waals surface area contributed by atoms with E-state index in [9.17, 15) is 4.79 Å². The third kappa shape index (κ3) is 0.953. The van der Waals surface area contributed by atoms with E-state index in [1.165, 1.54) is 0 Å². The Morgan fingerprint density at radius 3 is 1.90 bits per heavy atom. The number of hydrogen-bond acceptors (Lipinski definition) is 3. The van der Waals surface area contributed by atoms with Crippen molar-refractivity contribution < 1.29 is 4.79 Å². The maximum atomic E-state index is 11.0. The number of halogens is 1. The summed E-state index contributed by atoms with van der Waals surface area (Å²) in [6, 6.07) is 0. The molecule has 0 saturated heterocycles. The number of hydrogen-bond donors (Lipinski definition) is 2. The van der Waals surface area contributed by atoms with Gasteiger partial charge >= 0.3 is 0 Å². The predicted octanol–water partition coefficient (Wildman–Crippen LogP) is 0.220. The van der Waals surface area contributed by atoms with Crippen LogP contribution in [0, 0.1) is 0 Å². The first kappa shape index (κ1) is 8.01. The maximum Gasteiger partial charge on any atom is 0.211 e. The highest BCUT2D eigenvalue weighted by Crippen LogP contribution is 2.32. The van der Waals surface area contributed by atoms with E-state index in [1.807, 2.05) is 22.6 Å². The number of Topliss-reactive ketones (excluding diaryl/α,β-unsaturated/α-hetero) is 1. The van der Waals surface area contributed by atoms with Crippen LogP contribution in [-0.2, 0) is 4.79 Å². The molecule has 0 bridgehead atoms. The van der Waals surface area contributed by atoms with Crippen LogP contribution in [0.15, 0.2) is 20.3 Å². The summed E-state index contributed by atoms with van der Waals surface area (Å²) >= 11 is 1.99. The quantitative estimate of drug-likeness (QED) is 0.487. The van der Waals surface area contributed by atoms with E-state index in [0.717, 1.165) is 3.58 Å². The Morgan fingerprint density at radius 1 is 1.30 bits per heavy atom. The first-order chi connectivity index (χ1) is 4.55. The van der Waals surface area contributed by atoms with Crippen LogP contribution in [0.4, 0.5) is 0 Å². The van der Waals surface area contributed by atoms with E-state index in [0.29, 0.717) is 11.0 Å². The summed E-state index contributed by atoms with van der Waals surface area (Å²) in [7, 11) is 2.32. The average molecular weight is 268 g/mol. The molecule has 3 nitrogen and oxygen atoms in total. The maximum absolute atomic E-state index is 11.0. The van der Waals surface area contributed by atoms with Crippen LogP contribution < -0.4 is 11.5 Å². The lowest BCUT2D eigenvalue weighted by Gasteiger charge is -1.91. The van der Waals surface area contributed by atoms with Gasteiger partial charge in [0.15, 0.2) is 0 Å². The molecule has 1 rings (SSSR count). The molecular formula is C5H6IN2OP. The van der Waals surface area contributed by atoms with Crippen molar-refractivity contribution in [2.24, 2.45) is 11.5 Å². The van der Waals surface area contributed by atoms with Gasteiger partial charge in [0, 0.05) is 8.89 Å². The van der Waals surface area contributed by atoms with Crippen molar-refractivity contribution in [1.82, 2.24) is 0 Å². The third-order valence-electron chi connectivity index (χ3n) is 1.25. The topological polar surface area (TPSA) is 69.1 Å². The number of carbonyl (C=O) groups is 1. The van der Waals surface area contributed by atoms with Crippen LogP contribution in [0.25, 0.3) is 0 Å². The van der Waals surface area contributed by atoms with Gasteiger partial charge in [-0.2, -0.15) is 0 Å². The molecule has 0 aromatic carbocycles. The van der Waals surface area contributed by atoms with Crippen molar-refractivity contribution >= 4 is 37.6 Å². The number of nitrogens with two attached hydrogens (primary N) is 2. The SMILES string of the molecule is NC1=C(N)C(I)=C(P)C1=O. The van der Waals surface area contributed by atoms with Gasteiger partial charge in [0.25, 0.3) is 0 Å². The lowest BCUT2D eigenvalue weighted by atomic mass is 10.3. The first-order valence-electron chi connectivity index (χ1n) is 2.51. The molecule has 0 saturated carbocycles. The zero-order valence-corrected chi connectivity index (χ0v) is 8.33. The van der Waals surface area contributed by atoms with Gasteiger partial charge in [-0.05, 0) is 22.6 Å². The lowest BCUT2D eigenvalue weighted by Crippen LogP contribution is -2.11. The first-order valence-corrected chi connectivity index (χ1v) is 4.17. The fourth-order valence-corrected chi connectivity index (χ4v) is 1.48. The minimum Gasteiger partial charge on any atom is -0.396 e. The molecule has 5 heteroatoms. The Balaban J connectivity index is 3.22. The molecule has 10 heavy (non-hydrogen) atoms. The normalized spacial score (nSPS) is 19.2. The molecule has 0 aromatic heterocycles. The van der Waals surface area contributed by atoms with Crippen LogP contribution in [-0.4, -0.2) is 5.78 Å². The highest BCUT2D eigenvalue weighted by Gasteiger charge is 2.24. The average Bonchev–Trinajstić information content (AvgIpc) is 2.07. The zero-order valence-electron chi connectivity index (χ0n) is 5.02. The monoisotopic (exact) mass is 268 g/mol. The van der Waals surface area contributed by atoms with Crippen LogP contribution in [0.3, 0.4) is 0 Å². The van der Waals surface area contributed by atoms with Crippen LogP contribution in [0.1, 0.15) is 0 Å². The molecule has 0 amide bonds. The van der Waals surface area contributed by atoms with Gasteiger partial charge in [0.2, 0.25) is 5.78 Å². The van der Waals surface area contributed by atoms with Crippen molar-refractivity contribution in [1.29, 1.82) is 0 Å². The molecule has 0 heterocycles. The van der Waals surface area contributed by atoms with E-state index in [1.54, 1.807) is 0 Å². The molecule has 4 N–H and O–H groups in total. The predicted molar refractivity (Wildman–Crippen MR) is 51.2 cm³/mol. The number of allylic oxidation sites excluding steroid dienone is 2. The van der Waals surface area contributed by atoms with Crippen LogP contribution in [0.2, 0.25) is 0 Å². The van der Waals surface area contributed by atoms with Crippen molar-refractivity contribution in [2.45, 2.75) is 0 Å². The van der Waals surface area contributed by atoms with Crippen LogP contribution >= 0.6 is 31.8 Å². The highest BCUT2D eigenvalue weighted by molar-refractivity contribution is 14.1. The molecule has 1 unspecified atom stereocenters. The summed E-state index contributed by atoms with van der Waals surface area (Å²) in [5, 5.41) is 0.565. The van der Waals surface area contributed by atoms with Gasteiger partial charge in [-0.25, -0.2) is 0 Å². The minimum absolute atomic E-state index is 0.161. The molecule has 0 spiro atoms. The molecule has 0 aromatic rings. The number of ketones is 1. The Hall–Kier alpha value is -0.0900. The van der Waals surface area contributed by atoms with Crippen molar-refractivity contribution in [3.05, 3.63) is 20.3 Å². The third-order valence-corrected chi connectivity index (χ3v) is 3.55. The van der Waals surface area contributed by atoms with Gasteiger partial charge in [-0.15, -0.1) is 9.24 Å². The van der Waals surface area contributed by atoms with E-state index in [2.05, 4.69) is 9.24 Å². The summed E-state index contributed by atoms with van der Waals surface area (Å²) in [6.07, 6.45) is 0. The molecule has 1 atom stereocenters. The van der Waals surface area contributed by atoms with Gasteiger partial charge < -0.3 is 11.5 Å². The fourth-order valence-electron chi connectivity index (χ4n) is 0.630. The molecule has 0 fully saturated rings. The van der Waals surface area contributed by atoms with Gasteiger partial charge in [0.05, 0.1) is 5.70 Å². The molecular weight excluding hydrogens is 262 g/mol.